The number of amides is 2. The predicted octanol–water partition coefficient (Wildman–Crippen LogP) is 4.11. The number of hydrogen-bond acceptors (Lipinski definition) is 5. The second-order valence-electron chi connectivity index (χ2n) is 6.85. The van der Waals surface area contributed by atoms with Gasteiger partial charge in [-0.1, -0.05) is 18.2 Å². The number of aryl methyl sites for hydroxylation is 1. The summed E-state index contributed by atoms with van der Waals surface area (Å²) < 4.78 is 0. The number of carbonyl (C=O) groups is 1. The van der Waals surface area contributed by atoms with E-state index in [4.69, 9.17) is 0 Å². The summed E-state index contributed by atoms with van der Waals surface area (Å²) in [5.41, 5.74) is 3.78. The number of nitrogens with zero attached hydrogens (tertiary/aromatic N) is 4. The fourth-order valence-corrected chi connectivity index (χ4v) is 3.33. The summed E-state index contributed by atoms with van der Waals surface area (Å²) >= 11 is 1.63. The van der Waals surface area contributed by atoms with E-state index in [9.17, 15) is 4.79 Å². The molecular weight excluding hydrogens is 370 g/mol. The first-order valence-electron chi connectivity index (χ1n) is 9.13. The van der Waals surface area contributed by atoms with Gasteiger partial charge in [0.2, 0.25) is 0 Å². The molecule has 146 valence electrons. The Morgan fingerprint density at radius 2 is 1.93 bits per heavy atom. The minimum Gasteiger partial charge on any atom is -0.319 e. The largest absolute Gasteiger partial charge is 0.322 e. The second-order valence-corrected chi connectivity index (χ2v) is 7.91. The van der Waals surface area contributed by atoms with Gasteiger partial charge in [0.05, 0.1) is 10.7 Å². The van der Waals surface area contributed by atoms with Crippen molar-refractivity contribution in [2.45, 2.75) is 13.5 Å². The minimum atomic E-state index is -0.122. The van der Waals surface area contributed by atoms with Crippen LogP contribution in [-0.4, -0.2) is 53.0 Å². The van der Waals surface area contributed by atoms with E-state index < -0.39 is 0 Å². The van der Waals surface area contributed by atoms with E-state index in [1.165, 1.54) is 0 Å². The summed E-state index contributed by atoms with van der Waals surface area (Å²) in [6.07, 6.45) is 3.53. The normalized spacial score (nSPS) is 10.9. The molecule has 0 saturated heterocycles. The number of carbonyl (C=O) groups excluding carboxylic acids is 1. The summed E-state index contributed by atoms with van der Waals surface area (Å²) in [7, 11) is 4.00. The molecule has 2 heterocycles. The van der Waals surface area contributed by atoms with Gasteiger partial charge in [-0.15, -0.1) is 11.3 Å². The molecule has 28 heavy (non-hydrogen) atoms. The smallest absolute Gasteiger partial charge is 0.319 e. The van der Waals surface area contributed by atoms with Crippen molar-refractivity contribution in [3.63, 3.8) is 0 Å². The number of benzene rings is 1. The topological polar surface area (TPSA) is 61.4 Å². The lowest BCUT2D eigenvalue weighted by Crippen LogP contribution is -2.39. The van der Waals surface area contributed by atoms with E-state index >= 15 is 0 Å². The highest BCUT2D eigenvalue weighted by molar-refractivity contribution is 7.09. The van der Waals surface area contributed by atoms with Crippen LogP contribution in [0.1, 0.15) is 10.6 Å². The molecule has 2 aromatic heterocycles. The zero-order valence-corrected chi connectivity index (χ0v) is 17.2. The van der Waals surface area contributed by atoms with Crippen LogP contribution in [-0.2, 0) is 6.54 Å². The Labute approximate surface area is 169 Å². The Bertz CT molecular complexity index is 893. The van der Waals surface area contributed by atoms with Crippen molar-refractivity contribution in [3.8, 4) is 11.3 Å². The van der Waals surface area contributed by atoms with Gasteiger partial charge in [-0.25, -0.2) is 9.78 Å². The maximum absolute atomic E-state index is 12.9. The van der Waals surface area contributed by atoms with Gasteiger partial charge in [0.15, 0.2) is 0 Å². The van der Waals surface area contributed by atoms with Crippen LogP contribution in [0, 0.1) is 6.92 Å². The molecule has 0 aliphatic heterocycles. The van der Waals surface area contributed by atoms with E-state index in [2.05, 4.69) is 20.2 Å². The number of rotatable bonds is 7. The molecule has 3 rings (SSSR count). The van der Waals surface area contributed by atoms with Crippen molar-refractivity contribution in [2.75, 3.05) is 32.5 Å². The summed E-state index contributed by atoms with van der Waals surface area (Å²) in [5, 5.41) is 6.08. The first-order chi connectivity index (χ1) is 13.5. The molecule has 0 bridgehead atoms. The molecule has 0 saturated carbocycles. The first-order valence-corrected chi connectivity index (χ1v) is 10.0. The second kappa shape index (κ2) is 9.43. The lowest BCUT2D eigenvalue weighted by Gasteiger charge is -2.24. The number of pyridine rings is 1. The van der Waals surface area contributed by atoms with Crippen molar-refractivity contribution in [1.29, 1.82) is 0 Å². The Kier molecular flexibility index (Phi) is 6.73. The van der Waals surface area contributed by atoms with Crippen LogP contribution < -0.4 is 5.32 Å². The van der Waals surface area contributed by atoms with E-state index in [0.717, 1.165) is 34.1 Å². The molecule has 1 N–H and O–H groups in total. The summed E-state index contributed by atoms with van der Waals surface area (Å²) in [5.74, 6) is 0. The Hall–Kier alpha value is -2.77. The van der Waals surface area contributed by atoms with Crippen LogP contribution in [0.15, 0.2) is 54.2 Å². The first kappa shape index (κ1) is 20.0. The summed E-state index contributed by atoms with van der Waals surface area (Å²) in [6, 6.07) is 11.5. The van der Waals surface area contributed by atoms with Crippen molar-refractivity contribution >= 4 is 23.1 Å². The van der Waals surface area contributed by atoms with Crippen LogP contribution >= 0.6 is 11.3 Å². The number of hydrogen-bond donors (Lipinski definition) is 1. The molecule has 7 heteroatoms. The van der Waals surface area contributed by atoms with Crippen LogP contribution in [0.3, 0.4) is 0 Å². The van der Waals surface area contributed by atoms with Crippen molar-refractivity contribution < 1.29 is 4.79 Å². The van der Waals surface area contributed by atoms with Gasteiger partial charge < -0.3 is 15.1 Å². The minimum absolute atomic E-state index is 0.122. The molecule has 0 unspecified atom stereocenters. The van der Waals surface area contributed by atoms with Gasteiger partial charge in [-0.2, -0.15) is 0 Å². The fourth-order valence-electron chi connectivity index (χ4n) is 2.71. The number of urea groups is 1. The molecule has 0 aliphatic rings. The average Bonchev–Trinajstić information content (AvgIpc) is 3.12. The molecule has 0 aliphatic carbocycles. The average molecular weight is 396 g/mol. The predicted molar refractivity (Wildman–Crippen MR) is 115 cm³/mol. The van der Waals surface area contributed by atoms with Crippen molar-refractivity contribution in [3.05, 3.63) is 64.7 Å². The van der Waals surface area contributed by atoms with Crippen molar-refractivity contribution in [1.82, 2.24) is 19.8 Å². The van der Waals surface area contributed by atoms with Crippen LogP contribution in [0.25, 0.3) is 11.3 Å². The fraction of sp³-hybridized carbons (Fsp3) is 0.286. The molecule has 1 aromatic carbocycles. The highest BCUT2D eigenvalue weighted by Crippen LogP contribution is 2.23. The molecule has 2 amide bonds. The molecule has 0 spiro atoms. The zero-order chi connectivity index (χ0) is 19.9. The lowest BCUT2D eigenvalue weighted by molar-refractivity contribution is 0.202. The standard InChI is InChI=1S/C21H25N5OS/c1-16-23-20(15-28-16)18-6-8-19(9-7-18)24-21(27)26(12-11-25(2)3)14-17-5-4-10-22-13-17/h4-10,13,15H,11-12,14H2,1-3H3,(H,24,27). The Morgan fingerprint density at radius 1 is 1.14 bits per heavy atom. The van der Waals surface area contributed by atoms with Gasteiger partial charge in [-0.3, -0.25) is 4.98 Å². The summed E-state index contributed by atoms with van der Waals surface area (Å²) in [4.78, 5) is 25.4. The third-order valence-corrected chi connectivity index (χ3v) is 5.03. The molecule has 3 aromatic rings. The number of anilines is 1. The molecular formula is C21H25N5OS. The van der Waals surface area contributed by atoms with Gasteiger partial charge in [0, 0.05) is 48.7 Å². The number of nitrogens with one attached hydrogen (secondary N) is 1. The summed E-state index contributed by atoms with van der Waals surface area (Å²) in [6.45, 7) is 3.93. The van der Waals surface area contributed by atoms with Crippen molar-refractivity contribution in [2.24, 2.45) is 0 Å². The third kappa shape index (κ3) is 5.61. The number of likely N-dealkylation sites (N-methyl/N-ethyl adjacent to an activating group) is 1. The maximum Gasteiger partial charge on any atom is 0.322 e. The van der Waals surface area contributed by atoms with Gasteiger partial charge in [-0.05, 0) is 44.8 Å². The van der Waals surface area contributed by atoms with E-state index in [-0.39, 0.29) is 6.03 Å². The lowest BCUT2D eigenvalue weighted by atomic mass is 10.1. The number of aromatic nitrogens is 2. The van der Waals surface area contributed by atoms with Gasteiger partial charge in [0.1, 0.15) is 0 Å². The third-order valence-electron chi connectivity index (χ3n) is 4.25. The molecule has 0 fully saturated rings. The van der Waals surface area contributed by atoms with E-state index in [1.807, 2.05) is 62.8 Å². The van der Waals surface area contributed by atoms with Crippen LogP contribution in [0.4, 0.5) is 10.5 Å². The van der Waals surface area contributed by atoms with Gasteiger partial charge in [0.25, 0.3) is 0 Å². The quantitative estimate of drug-likeness (QED) is 0.654. The van der Waals surface area contributed by atoms with Crippen LogP contribution in [0.2, 0.25) is 0 Å². The monoisotopic (exact) mass is 395 g/mol. The Morgan fingerprint density at radius 3 is 2.54 bits per heavy atom. The SMILES string of the molecule is Cc1nc(-c2ccc(NC(=O)N(CCN(C)C)Cc3cccnc3)cc2)cs1. The number of thiazole rings is 1. The molecule has 0 atom stereocenters. The maximum atomic E-state index is 12.9. The highest BCUT2D eigenvalue weighted by atomic mass is 32.1. The zero-order valence-electron chi connectivity index (χ0n) is 16.4. The molecule has 6 nitrogen and oxygen atoms in total. The van der Waals surface area contributed by atoms with E-state index in [1.54, 1.807) is 28.6 Å². The van der Waals surface area contributed by atoms with E-state index in [0.29, 0.717) is 13.1 Å². The van der Waals surface area contributed by atoms with Crippen LogP contribution in [0.5, 0.6) is 0 Å². The Balaban J connectivity index is 1.68. The molecule has 0 radical (unpaired) electrons. The van der Waals surface area contributed by atoms with Gasteiger partial charge >= 0.3 is 6.03 Å². The highest BCUT2D eigenvalue weighted by Gasteiger charge is 2.15.